The minimum absolute atomic E-state index is 0.0501. The topological polar surface area (TPSA) is 120 Å². The fourth-order valence-electron chi connectivity index (χ4n) is 2.75. The highest BCUT2D eigenvalue weighted by Gasteiger charge is 2.24. The molecule has 2 N–H and O–H groups in total. The van der Waals surface area contributed by atoms with Gasteiger partial charge < -0.3 is 14.6 Å². The standard InChI is InChI=1S/C18H15N3O6S/c22-18(23)15-8-12(9-16-17(15)27-7-6-26-16)20-28(24,25)14-10-19-21(11-14)13-4-2-1-3-5-13/h1-5,8-11,20H,6-7H2,(H,22,23). The van der Waals surface area contributed by atoms with E-state index >= 15 is 0 Å². The lowest BCUT2D eigenvalue weighted by Crippen LogP contribution is -2.19. The predicted molar refractivity (Wildman–Crippen MR) is 98.8 cm³/mol. The van der Waals surface area contributed by atoms with Gasteiger partial charge in [0.15, 0.2) is 11.5 Å². The average molecular weight is 401 g/mol. The first-order valence-corrected chi connectivity index (χ1v) is 9.72. The largest absolute Gasteiger partial charge is 0.486 e. The summed E-state index contributed by atoms with van der Waals surface area (Å²) in [6, 6.07) is 11.6. The third-order valence-electron chi connectivity index (χ3n) is 4.01. The molecule has 1 aromatic heterocycles. The van der Waals surface area contributed by atoms with E-state index in [1.54, 1.807) is 12.1 Å². The van der Waals surface area contributed by atoms with E-state index in [4.69, 9.17) is 9.47 Å². The second-order valence-electron chi connectivity index (χ2n) is 5.91. The number of hydrogen-bond donors (Lipinski definition) is 2. The molecule has 144 valence electrons. The maximum absolute atomic E-state index is 12.7. The van der Waals surface area contributed by atoms with Crippen molar-refractivity contribution in [2.75, 3.05) is 17.9 Å². The first kappa shape index (κ1) is 17.9. The van der Waals surface area contributed by atoms with Gasteiger partial charge in [-0.15, -0.1) is 0 Å². The molecule has 0 aliphatic carbocycles. The first-order chi connectivity index (χ1) is 13.4. The van der Waals surface area contributed by atoms with E-state index < -0.39 is 16.0 Å². The van der Waals surface area contributed by atoms with E-state index in [2.05, 4.69) is 9.82 Å². The molecule has 3 aromatic rings. The summed E-state index contributed by atoms with van der Waals surface area (Å²) in [5.41, 5.74) is 0.570. The fraction of sp³-hybridized carbons (Fsp3) is 0.111. The number of nitrogens with zero attached hydrogens (tertiary/aromatic N) is 2. The van der Waals surface area contributed by atoms with E-state index in [1.807, 2.05) is 18.2 Å². The van der Waals surface area contributed by atoms with Crippen LogP contribution in [0.5, 0.6) is 11.5 Å². The van der Waals surface area contributed by atoms with Crippen molar-refractivity contribution in [3.63, 3.8) is 0 Å². The third kappa shape index (κ3) is 3.37. The zero-order valence-electron chi connectivity index (χ0n) is 14.4. The van der Waals surface area contributed by atoms with Crippen molar-refractivity contribution < 1.29 is 27.8 Å². The highest BCUT2D eigenvalue weighted by atomic mass is 32.2. The number of sulfonamides is 1. The Balaban J connectivity index is 1.66. The van der Waals surface area contributed by atoms with E-state index in [9.17, 15) is 18.3 Å². The van der Waals surface area contributed by atoms with Gasteiger partial charge in [0.1, 0.15) is 23.7 Å². The molecule has 0 fully saturated rings. The van der Waals surface area contributed by atoms with Crippen molar-refractivity contribution in [1.82, 2.24) is 9.78 Å². The minimum atomic E-state index is -3.99. The van der Waals surface area contributed by atoms with E-state index in [0.29, 0.717) is 5.69 Å². The number of carbonyl (C=O) groups is 1. The van der Waals surface area contributed by atoms with Gasteiger partial charge in [0, 0.05) is 6.07 Å². The number of carboxylic acids is 1. The Kier molecular flexibility index (Phi) is 4.40. The van der Waals surface area contributed by atoms with Crippen molar-refractivity contribution in [1.29, 1.82) is 0 Å². The Labute approximate surface area is 160 Å². The zero-order valence-corrected chi connectivity index (χ0v) is 15.2. The third-order valence-corrected chi connectivity index (χ3v) is 5.35. The molecule has 9 nitrogen and oxygen atoms in total. The lowest BCUT2D eigenvalue weighted by molar-refractivity contribution is 0.0686. The molecule has 0 bridgehead atoms. The van der Waals surface area contributed by atoms with Gasteiger partial charge in [0.2, 0.25) is 0 Å². The van der Waals surface area contributed by atoms with Crippen LogP contribution in [0, 0.1) is 0 Å². The quantitative estimate of drug-likeness (QED) is 0.672. The molecule has 28 heavy (non-hydrogen) atoms. The van der Waals surface area contributed by atoms with Crippen molar-refractivity contribution >= 4 is 21.7 Å². The lowest BCUT2D eigenvalue weighted by Gasteiger charge is -2.21. The number of ether oxygens (including phenoxy) is 2. The minimum Gasteiger partial charge on any atom is -0.486 e. The van der Waals surface area contributed by atoms with Crippen LogP contribution >= 0.6 is 0 Å². The number of nitrogens with one attached hydrogen (secondary N) is 1. The predicted octanol–water partition coefficient (Wildman–Crippen LogP) is 2.14. The van der Waals surface area contributed by atoms with Crippen LogP contribution in [0.1, 0.15) is 10.4 Å². The summed E-state index contributed by atoms with van der Waals surface area (Å²) in [7, 11) is -3.99. The molecule has 0 amide bonds. The van der Waals surface area contributed by atoms with Crippen LogP contribution in [0.15, 0.2) is 59.8 Å². The molecule has 1 aliphatic heterocycles. The summed E-state index contributed by atoms with van der Waals surface area (Å²) in [4.78, 5) is 11.4. The first-order valence-electron chi connectivity index (χ1n) is 8.24. The number of hydrogen-bond acceptors (Lipinski definition) is 6. The number of aromatic nitrogens is 2. The van der Waals surface area contributed by atoms with Gasteiger partial charge in [-0.1, -0.05) is 18.2 Å². The fourth-order valence-corrected chi connectivity index (χ4v) is 3.72. The van der Waals surface area contributed by atoms with Gasteiger partial charge in [0.05, 0.1) is 23.8 Å². The van der Waals surface area contributed by atoms with Crippen LogP contribution in [-0.4, -0.2) is 42.5 Å². The molecule has 0 saturated heterocycles. The van der Waals surface area contributed by atoms with Crippen molar-refractivity contribution in [3.8, 4) is 17.2 Å². The Morgan fingerprint density at radius 3 is 2.64 bits per heavy atom. The smallest absolute Gasteiger partial charge is 0.339 e. The summed E-state index contributed by atoms with van der Waals surface area (Å²) in [5.74, 6) is -0.998. The Hall–Kier alpha value is -3.53. The molecule has 0 saturated carbocycles. The van der Waals surface area contributed by atoms with E-state index in [1.165, 1.54) is 29.2 Å². The molecule has 4 rings (SSSR count). The highest BCUT2D eigenvalue weighted by molar-refractivity contribution is 7.92. The monoisotopic (exact) mass is 401 g/mol. The number of benzene rings is 2. The SMILES string of the molecule is O=C(O)c1cc(NS(=O)(=O)c2cnn(-c3ccccc3)c2)cc2c1OCCO2. The molecule has 10 heteroatoms. The number of para-hydroxylation sites is 1. The van der Waals surface area contributed by atoms with Gasteiger partial charge in [-0.05, 0) is 18.2 Å². The van der Waals surface area contributed by atoms with Gasteiger partial charge >= 0.3 is 5.97 Å². The molecule has 2 aromatic carbocycles. The van der Waals surface area contributed by atoms with Crippen molar-refractivity contribution in [3.05, 3.63) is 60.4 Å². The lowest BCUT2D eigenvalue weighted by atomic mass is 10.1. The summed E-state index contributed by atoms with van der Waals surface area (Å²) in [6.07, 6.45) is 2.58. The summed E-state index contributed by atoms with van der Waals surface area (Å²) < 4.78 is 40.0. The number of fused-ring (bicyclic) bond motifs is 1. The van der Waals surface area contributed by atoms with Crippen LogP contribution in [0.4, 0.5) is 5.69 Å². The normalized spacial score (nSPS) is 13.1. The van der Waals surface area contributed by atoms with Gasteiger partial charge in [-0.3, -0.25) is 4.72 Å². The molecule has 0 unspecified atom stereocenters. The molecule has 0 atom stereocenters. The highest BCUT2D eigenvalue weighted by Crippen LogP contribution is 2.37. The maximum Gasteiger partial charge on any atom is 0.339 e. The number of anilines is 1. The molecule has 0 spiro atoms. The van der Waals surface area contributed by atoms with Gasteiger partial charge in [-0.2, -0.15) is 5.10 Å². The second-order valence-corrected chi connectivity index (χ2v) is 7.60. The average Bonchev–Trinajstić information content (AvgIpc) is 3.19. The van der Waals surface area contributed by atoms with Gasteiger partial charge in [-0.25, -0.2) is 17.9 Å². The Morgan fingerprint density at radius 1 is 1.14 bits per heavy atom. The summed E-state index contributed by atoms with van der Waals surface area (Å²) in [5, 5.41) is 13.5. The van der Waals surface area contributed by atoms with E-state index in [-0.39, 0.29) is 40.9 Å². The molecular formula is C18H15N3O6S. The second kappa shape index (κ2) is 6.89. The molecule has 2 heterocycles. The Morgan fingerprint density at radius 2 is 1.89 bits per heavy atom. The van der Waals surface area contributed by atoms with Crippen LogP contribution in [-0.2, 0) is 10.0 Å². The molecule has 0 radical (unpaired) electrons. The maximum atomic E-state index is 12.7. The van der Waals surface area contributed by atoms with Crippen molar-refractivity contribution in [2.45, 2.75) is 4.90 Å². The van der Waals surface area contributed by atoms with Crippen LogP contribution in [0.25, 0.3) is 5.69 Å². The Bertz CT molecular complexity index is 1140. The van der Waals surface area contributed by atoms with Crippen LogP contribution < -0.4 is 14.2 Å². The molecular weight excluding hydrogens is 386 g/mol. The van der Waals surface area contributed by atoms with Crippen LogP contribution in [0.3, 0.4) is 0 Å². The zero-order chi connectivity index (χ0) is 19.7. The summed E-state index contributed by atoms with van der Waals surface area (Å²) >= 11 is 0. The van der Waals surface area contributed by atoms with Crippen molar-refractivity contribution in [2.24, 2.45) is 0 Å². The molecule has 1 aliphatic rings. The van der Waals surface area contributed by atoms with Gasteiger partial charge in [0.25, 0.3) is 10.0 Å². The van der Waals surface area contributed by atoms with Crippen LogP contribution in [0.2, 0.25) is 0 Å². The number of rotatable bonds is 5. The number of carboxylic acid groups (broad SMARTS) is 1. The number of aromatic carboxylic acids is 1. The summed E-state index contributed by atoms with van der Waals surface area (Å²) in [6.45, 7) is 0.461. The van der Waals surface area contributed by atoms with E-state index in [0.717, 1.165) is 0 Å².